The highest BCUT2D eigenvalue weighted by Crippen LogP contribution is 2.44. The van der Waals surface area contributed by atoms with Crippen molar-refractivity contribution < 1.29 is 9.50 Å². The van der Waals surface area contributed by atoms with Crippen LogP contribution in [0.4, 0.5) is 4.39 Å². The van der Waals surface area contributed by atoms with Gasteiger partial charge in [0.25, 0.3) is 0 Å². The topological polar surface area (TPSA) is 32.3 Å². The highest BCUT2D eigenvalue weighted by molar-refractivity contribution is 5.03. The van der Waals surface area contributed by atoms with Crippen LogP contribution in [0, 0.1) is 5.41 Å². The van der Waals surface area contributed by atoms with Gasteiger partial charge >= 0.3 is 0 Å². The fraction of sp³-hybridized carbons (Fsp3) is 1.00. The Bertz CT molecular complexity index is 172. The van der Waals surface area contributed by atoms with Gasteiger partial charge in [0.1, 0.15) is 6.17 Å². The summed E-state index contributed by atoms with van der Waals surface area (Å²) < 4.78 is 13.3. The van der Waals surface area contributed by atoms with E-state index in [9.17, 15) is 9.50 Å². The van der Waals surface area contributed by atoms with E-state index in [4.69, 9.17) is 0 Å². The van der Waals surface area contributed by atoms with E-state index in [1.165, 1.54) is 0 Å². The molecule has 3 heteroatoms. The van der Waals surface area contributed by atoms with E-state index in [1.807, 2.05) is 0 Å². The first-order valence-corrected chi connectivity index (χ1v) is 4.77. The molecular formula is C9H16FNO. The Balaban J connectivity index is 2.16. The van der Waals surface area contributed by atoms with E-state index in [0.29, 0.717) is 6.42 Å². The van der Waals surface area contributed by atoms with Crippen LogP contribution >= 0.6 is 0 Å². The van der Waals surface area contributed by atoms with E-state index in [0.717, 1.165) is 25.8 Å². The van der Waals surface area contributed by atoms with Gasteiger partial charge < -0.3 is 10.4 Å². The standard InChI is InChI=1S/C9H16FNO/c10-7-2-4-9(6-12)3-1-5-11-8(7)9/h7-8,11-12H,1-6H2/t7?,8-,9+/m1/s1. The number of halogens is 1. The molecular weight excluding hydrogens is 157 g/mol. The highest BCUT2D eigenvalue weighted by atomic mass is 19.1. The number of nitrogens with one attached hydrogen (secondary N) is 1. The maximum absolute atomic E-state index is 13.3. The monoisotopic (exact) mass is 173 g/mol. The fourth-order valence-corrected chi connectivity index (χ4v) is 2.71. The summed E-state index contributed by atoms with van der Waals surface area (Å²) in [5.74, 6) is 0. The molecule has 3 atom stereocenters. The molecule has 2 N–H and O–H groups in total. The van der Waals surface area contributed by atoms with E-state index < -0.39 is 6.17 Å². The van der Waals surface area contributed by atoms with Crippen molar-refractivity contribution in [1.29, 1.82) is 0 Å². The van der Waals surface area contributed by atoms with E-state index >= 15 is 0 Å². The Morgan fingerprint density at radius 3 is 3.00 bits per heavy atom. The van der Waals surface area contributed by atoms with Crippen molar-refractivity contribution in [2.24, 2.45) is 5.41 Å². The van der Waals surface area contributed by atoms with Crippen molar-refractivity contribution >= 4 is 0 Å². The molecule has 0 bridgehead atoms. The number of fused-ring (bicyclic) bond motifs is 1. The van der Waals surface area contributed by atoms with Crippen LogP contribution in [0.5, 0.6) is 0 Å². The third-order valence-corrected chi connectivity index (χ3v) is 3.47. The normalized spacial score (nSPS) is 47.5. The molecule has 0 aromatic heterocycles. The summed E-state index contributed by atoms with van der Waals surface area (Å²) in [5.41, 5.74) is -0.127. The van der Waals surface area contributed by atoms with Crippen molar-refractivity contribution in [2.45, 2.75) is 37.9 Å². The zero-order chi connectivity index (χ0) is 8.60. The first-order valence-electron chi connectivity index (χ1n) is 4.77. The van der Waals surface area contributed by atoms with Crippen molar-refractivity contribution in [2.75, 3.05) is 13.2 Å². The molecule has 1 heterocycles. The molecule has 2 aliphatic rings. The van der Waals surface area contributed by atoms with Gasteiger partial charge in [-0.3, -0.25) is 0 Å². The molecule has 1 aliphatic heterocycles. The van der Waals surface area contributed by atoms with Gasteiger partial charge in [0.15, 0.2) is 0 Å². The van der Waals surface area contributed by atoms with Gasteiger partial charge in [-0.2, -0.15) is 0 Å². The molecule has 1 saturated carbocycles. The van der Waals surface area contributed by atoms with Gasteiger partial charge in [-0.05, 0) is 32.2 Å². The number of aliphatic hydroxyl groups is 1. The van der Waals surface area contributed by atoms with Crippen molar-refractivity contribution in [3.63, 3.8) is 0 Å². The number of hydrogen-bond acceptors (Lipinski definition) is 2. The van der Waals surface area contributed by atoms with Crippen molar-refractivity contribution in [3.05, 3.63) is 0 Å². The minimum atomic E-state index is -0.738. The molecule has 0 spiro atoms. The molecule has 1 unspecified atom stereocenters. The average molecular weight is 173 g/mol. The second kappa shape index (κ2) is 2.96. The van der Waals surface area contributed by atoms with E-state index in [-0.39, 0.29) is 18.1 Å². The minimum absolute atomic E-state index is 0.0729. The third-order valence-electron chi connectivity index (χ3n) is 3.47. The van der Waals surface area contributed by atoms with E-state index in [2.05, 4.69) is 5.32 Å². The molecule has 70 valence electrons. The fourth-order valence-electron chi connectivity index (χ4n) is 2.71. The van der Waals surface area contributed by atoms with Gasteiger partial charge in [-0.1, -0.05) is 0 Å². The van der Waals surface area contributed by atoms with Crippen LogP contribution < -0.4 is 5.32 Å². The van der Waals surface area contributed by atoms with E-state index in [1.54, 1.807) is 0 Å². The van der Waals surface area contributed by atoms with Gasteiger partial charge in [-0.15, -0.1) is 0 Å². The Kier molecular flexibility index (Phi) is 2.09. The van der Waals surface area contributed by atoms with Crippen LogP contribution in [0.1, 0.15) is 25.7 Å². The third kappa shape index (κ3) is 1.07. The van der Waals surface area contributed by atoms with Crippen LogP contribution in [-0.4, -0.2) is 30.5 Å². The quantitative estimate of drug-likeness (QED) is 0.616. The molecule has 0 amide bonds. The maximum atomic E-state index is 13.3. The first-order chi connectivity index (χ1) is 5.78. The average Bonchev–Trinajstić information content (AvgIpc) is 2.46. The second-order valence-corrected chi connectivity index (χ2v) is 4.11. The lowest BCUT2D eigenvalue weighted by Gasteiger charge is -2.39. The lowest BCUT2D eigenvalue weighted by Crippen LogP contribution is -2.51. The number of aliphatic hydroxyl groups excluding tert-OH is 1. The van der Waals surface area contributed by atoms with Crippen LogP contribution in [0.2, 0.25) is 0 Å². The molecule has 2 fully saturated rings. The predicted octanol–water partition coefficient (Wildman–Crippen LogP) is 0.849. The number of alkyl halides is 1. The Hall–Kier alpha value is -0.150. The molecule has 12 heavy (non-hydrogen) atoms. The van der Waals surface area contributed by atoms with Gasteiger partial charge in [0.2, 0.25) is 0 Å². The molecule has 1 aliphatic carbocycles. The van der Waals surface area contributed by atoms with Gasteiger partial charge in [0.05, 0.1) is 6.61 Å². The van der Waals surface area contributed by atoms with Crippen LogP contribution in [0.15, 0.2) is 0 Å². The maximum Gasteiger partial charge on any atom is 0.116 e. The Morgan fingerprint density at radius 1 is 1.50 bits per heavy atom. The SMILES string of the molecule is OC[C@@]12CCCN[C@@H]1C(F)CC2. The summed E-state index contributed by atoms with van der Waals surface area (Å²) in [4.78, 5) is 0. The summed E-state index contributed by atoms with van der Waals surface area (Å²) in [6.07, 6.45) is 2.80. The molecule has 2 rings (SSSR count). The van der Waals surface area contributed by atoms with Gasteiger partial charge in [-0.25, -0.2) is 4.39 Å². The predicted molar refractivity (Wildman–Crippen MR) is 44.7 cm³/mol. The molecule has 1 saturated heterocycles. The van der Waals surface area contributed by atoms with Crippen molar-refractivity contribution in [3.8, 4) is 0 Å². The highest BCUT2D eigenvalue weighted by Gasteiger charge is 2.49. The smallest absolute Gasteiger partial charge is 0.116 e. The first kappa shape index (κ1) is 8.45. The van der Waals surface area contributed by atoms with Crippen molar-refractivity contribution in [1.82, 2.24) is 5.32 Å². The zero-order valence-electron chi connectivity index (χ0n) is 7.22. The lowest BCUT2D eigenvalue weighted by molar-refractivity contribution is 0.0554. The molecule has 0 aromatic rings. The summed E-state index contributed by atoms with van der Waals surface area (Å²) in [5, 5.41) is 12.5. The lowest BCUT2D eigenvalue weighted by atomic mass is 9.76. The summed E-state index contributed by atoms with van der Waals surface area (Å²) in [7, 11) is 0. The van der Waals surface area contributed by atoms with Crippen LogP contribution in [0.25, 0.3) is 0 Å². The minimum Gasteiger partial charge on any atom is -0.396 e. The molecule has 0 radical (unpaired) electrons. The Labute approximate surface area is 72.2 Å². The molecule has 2 nitrogen and oxygen atoms in total. The number of piperidine rings is 1. The zero-order valence-corrected chi connectivity index (χ0v) is 7.22. The number of hydrogen-bond donors (Lipinski definition) is 2. The summed E-state index contributed by atoms with van der Waals surface area (Å²) >= 11 is 0. The summed E-state index contributed by atoms with van der Waals surface area (Å²) in [6.45, 7) is 1.05. The van der Waals surface area contributed by atoms with Gasteiger partial charge in [0, 0.05) is 11.5 Å². The second-order valence-electron chi connectivity index (χ2n) is 4.11. The largest absolute Gasteiger partial charge is 0.396 e. The number of rotatable bonds is 1. The van der Waals surface area contributed by atoms with Crippen LogP contribution in [0.3, 0.4) is 0 Å². The van der Waals surface area contributed by atoms with Crippen LogP contribution in [-0.2, 0) is 0 Å². The summed E-state index contributed by atoms with van der Waals surface area (Å²) in [6, 6.07) is -0.0729. The Morgan fingerprint density at radius 2 is 2.33 bits per heavy atom. The molecule has 0 aromatic carbocycles.